The first-order chi connectivity index (χ1) is 16.3. The van der Waals surface area contributed by atoms with E-state index in [1.807, 2.05) is 6.21 Å². The maximum atomic E-state index is 4.57. The molecule has 3 nitrogen and oxygen atoms in total. The summed E-state index contributed by atoms with van der Waals surface area (Å²) in [5.41, 5.74) is 10.7. The van der Waals surface area contributed by atoms with Crippen LogP contribution in [0.25, 0.3) is 11.1 Å². The van der Waals surface area contributed by atoms with E-state index in [0.29, 0.717) is 0 Å². The molecule has 0 bridgehead atoms. The van der Waals surface area contributed by atoms with E-state index in [1.165, 1.54) is 33.4 Å². The molecule has 2 aromatic rings. The maximum absolute atomic E-state index is 4.57. The Kier molecular flexibility index (Phi) is 8.70. The number of nitrogens with one attached hydrogen (secondary N) is 2. The molecule has 1 aliphatic rings. The minimum absolute atomic E-state index is 0.177. The molecule has 2 unspecified atom stereocenters. The lowest BCUT2D eigenvalue weighted by atomic mass is 9.94. The fraction of sp³-hybridized carbons (Fsp3) is 0.323. The van der Waals surface area contributed by atoms with Crippen molar-refractivity contribution in [1.82, 2.24) is 0 Å². The topological polar surface area (TPSA) is 36.4 Å². The summed E-state index contributed by atoms with van der Waals surface area (Å²) in [5.74, 6) is 0. The summed E-state index contributed by atoms with van der Waals surface area (Å²) in [4.78, 5) is 4.57. The summed E-state index contributed by atoms with van der Waals surface area (Å²) in [7, 11) is 0. The summed E-state index contributed by atoms with van der Waals surface area (Å²) < 4.78 is 0. The highest BCUT2D eigenvalue weighted by Gasteiger charge is 2.12. The van der Waals surface area contributed by atoms with Gasteiger partial charge in [-0.1, -0.05) is 69.0 Å². The monoisotopic (exact) mass is 453 g/mol. The van der Waals surface area contributed by atoms with Crippen molar-refractivity contribution in [3.63, 3.8) is 0 Å². The van der Waals surface area contributed by atoms with Gasteiger partial charge >= 0.3 is 0 Å². The third kappa shape index (κ3) is 6.38. The zero-order chi connectivity index (χ0) is 24.7. The molecule has 0 spiro atoms. The average molecular weight is 454 g/mol. The summed E-state index contributed by atoms with van der Waals surface area (Å²) in [6.45, 7) is 17.1. The molecule has 3 rings (SSSR count). The van der Waals surface area contributed by atoms with Gasteiger partial charge in [0.25, 0.3) is 0 Å². The summed E-state index contributed by atoms with van der Waals surface area (Å²) in [5, 5.41) is 7.18. The molecule has 0 amide bonds. The van der Waals surface area contributed by atoms with Crippen LogP contribution in [0.5, 0.6) is 0 Å². The van der Waals surface area contributed by atoms with Crippen LogP contribution in [0.15, 0.2) is 89.1 Å². The van der Waals surface area contributed by atoms with Gasteiger partial charge < -0.3 is 10.6 Å². The third-order valence-corrected chi connectivity index (χ3v) is 6.32. The molecule has 0 saturated carbocycles. The lowest BCUT2D eigenvalue weighted by Crippen LogP contribution is -2.14. The van der Waals surface area contributed by atoms with E-state index in [-0.39, 0.29) is 12.1 Å². The molecule has 3 heteroatoms. The number of allylic oxidation sites excluding steroid dienone is 5. The second-order valence-electron chi connectivity index (χ2n) is 9.09. The van der Waals surface area contributed by atoms with Crippen molar-refractivity contribution in [1.29, 1.82) is 0 Å². The van der Waals surface area contributed by atoms with Gasteiger partial charge in [0.15, 0.2) is 0 Å². The Morgan fingerprint density at radius 3 is 2.35 bits per heavy atom. The molecule has 0 aliphatic carbocycles. The Labute approximate surface area is 206 Å². The van der Waals surface area contributed by atoms with Crippen LogP contribution in [0.4, 0.5) is 11.4 Å². The number of benzene rings is 2. The predicted octanol–water partition coefficient (Wildman–Crippen LogP) is 8.40. The van der Waals surface area contributed by atoms with Crippen molar-refractivity contribution >= 4 is 17.6 Å². The number of anilines is 2. The number of aliphatic imine (C=N–C) groups is 1. The van der Waals surface area contributed by atoms with Crippen LogP contribution in [0.1, 0.15) is 51.7 Å². The largest absolute Gasteiger partial charge is 0.379 e. The normalized spacial score (nSPS) is 21.1. The van der Waals surface area contributed by atoms with Crippen LogP contribution in [0, 0.1) is 13.8 Å². The van der Waals surface area contributed by atoms with E-state index in [0.717, 1.165) is 29.9 Å². The second kappa shape index (κ2) is 11.7. The minimum Gasteiger partial charge on any atom is -0.379 e. The molecule has 2 atom stereocenters. The summed E-state index contributed by atoms with van der Waals surface area (Å²) in [6.07, 6.45) is 12.8. The minimum atomic E-state index is 0.177. The Hall–Kier alpha value is -3.33. The standard InChI is InChI=1S/C31H39N3/c1-8-21(3)33-30-14-10-12-28(24(30)6)29-13-11-15-31(25(29)7)34-23(5)18-27-17-16-22(4)32-20-26(9-2)19-27/h10-20,22-23,33-34H,3,8-9H2,1-2,4-7H3/b17-16-,26-19-,27-18+,32-20+. The van der Waals surface area contributed by atoms with Gasteiger partial charge in [0.1, 0.15) is 0 Å². The lowest BCUT2D eigenvalue weighted by molar-refractivity contribution is 0.924. The Morgan fingerprint density at radius 1 is 1.06 bits per heavy atom. The van der Waals surface area contributed by atoms with Crippen LogP contribution >= 0.6 is 0 Å². The van der Waals surface area contributed by atoms with Crippen molar-refractivity contribution in [3.05, 3.63) is 95.3 Å². The fourth-order valence-electron chi connectivity index (χ4n) is 4.11. The van der Waals surface area contributed by atoms with Crippen molar-refractivity contribution in [3.8, 4) is 11.1 Å². The van der Waals surface area contributed by atoms with Gasteiger partial charge in [0.2, 0.25) is 0 Å². The summed E-state index contributed by atoms with van der Waals surface area (Å²) in [6, 6.07) is 13.3. The molecule has 34 heavy (non-hydrogen) atoms. The molecule has 1 aliphatic heterocycles. The lowest BCUT2D eigenvalue weighted by Gasteiger charge is -2.20. The van der Waals surface area contributed by atoms with Crippen LogP contribution in [-0.2, 0) is 0 Å². The molecule has 2 aromatic carbocycles. The molecule has 0 fully saturated rings. The molecular formula is C31H39N3. The highest BCUT2D eigenvalue weighted by Crippen LogP contribution is 2.34. The molecule has 2 N–H and O–H groups in total. The molecule has 0 saturated heterocycles. The Balaban J connectivity index is 1.89. The van der Waals surface area contributed by atoms with Gasteiger partial charge in [-0.25, -0.2) is 0 Å². The average Bonchev–Trinajstić information content (AvgIpc) is 2.81. The fourth-order valence-corrected chi connectivity index (χ4v) is 4.11. The number of hydrogen-bond donors (Lipinski definition) is 2. The molecule has 1 heterocycles. The smallest absolute Gasteiger partial charge is 0.0655 e. The van der Waals surface area contributed by atoms with Gasteiger partial charge in [-0.05, 0) is 86.1 Å². The van der Waals surface area contributed by atoms with Crippen molar-refractivity contribution < 1.29 is 0 Å². The van der Waals surface area contributed by atoms with Crippen molar-refractivity contribution in [2.45, 2.75) is 66.5 Å². The van der Waals surface area contributed by atoms with Crippen LogP contribution in [0.2, 0.25) is 0 Å². The van der Waals surface area contributed by atoms with Crippen LogP contribution in [0.3, 0.4) is 0 Å². The van der Waals surface area contributed by atoms with E-state index in [9.17, 15) is 0 Å². The Bertz CT molecular complexity index is 1150. The third-order valence-electron chi connectivity index (χ3n) is 6.32. The van der Waals surface area contributed by atoms with E-state index in [4.69, 9.17) is 0 Å². The number of hydrogen-bond acceptors (Lipinski definition) is 3. The first-order valence-corrected chi connectivity index (χ1v) is 12.4. The molecular weight excluding hydrogens is 414 g/mol. The van der Waals surface area contributed by atoms with Crippen molar-refractivity contribution in [2.75, 3.05) is 10.6 Å². The highest BCUT2D eigenvalue weighted by molar-refractivity contribution is 5.81. The van der Waals surface area contributed by atoms with E-state index >= 15 is 0 Å². The SMILES string of the molecule is C=C(CC)Nc1cccc(-c2cccc(NC(C)/C=C3\C=C/C(C)/N=C/C(CC)=C\3)c2C)c1C. The van der Waals surface area contributed by atoms with E-state index in [2.05, 4.69) is 124 Å². The number of rotatable bonds is 8. The molecule has 0 radical (unpaired) electrons. The first kappa shape index (κ1) is 25.3. The van der Waals surface area contributed by atoms with Gasteiger partial charge in [0.05, 0.1) is 6.04 Å². The highest BCUT2D eigenvalue weighted by atomic mass is 14.9. The van der Waals surface area contributed by atoms with Gasteiger partial charge in [0, 0.05) is 29.3 Å². The first-order valence-electron chi connectivity index (χ1n) is 12.4. The van der Waals surface area contributed by atoms with Crippen LogP contribution < -0.4 is 10.6 Å². The van der Waals surface area contributed by atoms with Crippen LogP contribution in [-0.4, -0.2) is 18.3 Å². The van der Waals surface area contributed by atoms with Gasteiger partial charge in [-0.2, -0.15) is 0 Å². The number of nitrogens with zero attached hydrogens (tertiary/aromatic N) is 1. The zero-order valence-electron chi connectivity index (χ0n) is 21.6. The van der Waals surface area contributed by atoms with E-state index < -0.39 is 0 Å². The summed E-state index contributed by atoms with van der Waals surface area (Å²) >= 11 is 0. The van der Waals surface area contributed by atoms with Crippen molar-refractivity contribution in [2.24, 2.45) is 4.99 Å². The quantitative estimate of drug-likeness (QED) is 0.421. The molecule has 0 aromatic heterocycles. The zero-order valence-corrected chi connectivity index (χ0v) is 21.6. The molecule has 178 valence electrons. The van der Waals surface area contributed by atoms with Gasteiger partial charge in [-0.3, -0.25) is 4.99 Å². The second-order valence-corrected chi connectivity index (χ2v) is 9.09. The Morgan fingerprint density at radius 2 is 1.71 bits per heavy atom. The van der Waals surface area contributed by atoms with Gasteiger partial charge in [-0.15, -0.1) is 0 Å². The van der Waals surface area contributed by atoms with E-state index in [1.54, 1.807) is 0 Å². The maximum Gasteiger partial charge on any atom is 0.0655 e. The predicted molar refractivity (Wildman–Crippen MR) is 151 cm³/mol.